The Morgan fingerprint density at radius 3 is 2.86 bits per heavy atom. The quantitative estimate of drug-likeness (QED) is 0.671. The van der Waals surface area contributed by atoms with Crippen molar-refractivity contribution in [3.05, 3.63) is 59.4 Å². The average Bonchev–Trinajstić information content (AvgIpc) is 2.59. The Bertz CT molecular complexity index is 658. The lowest BCUT2D eigenvalue weighted by atomic mass is 9.83. The maximum atomic E-state index is 11.4. The van der Waals surface area contributed by atoms with Gasteiger partial charge in [0.2, 0.25) is 0 Å². The standard InChI is InChI=1S/C17H18N2O3/c20-17(19-21)15-4-3-13-9-12(1-2-14(13)10-15)11-22-16-5-7-18-8-6-16/h3-8,10,12,21H,1-2,9,11H2,(H,19,20). The van der Waals surface area contributed by atoms with E-state index in [1.807, 2.05) is 24.3 Å². The molecule has 0 saturated carbocycles. The van der Waals surface area contributed by atoms with E-state index in [0.717, 1.165) is 25.0 Å². The third kappa shape index (κ3) is 3.26. The van der Waals surface area contributed by atoms with Crippen molar-refractivity contribution in [1.82, 2.24) is 10.5 Å². The van der Waals surface area contributed by atoms with Gasteiger partial charge in [0.1, 0.15) is 5.75 Å². The summed E-state index contributed by atoms with van der Waals surface area (Å²) >= 11 is 0. The fourth-order valence-electron chi connectivity index (χ4n) is 2.83. The number of hydroxylamine groups is 1. The molecule has 2 aromatic rings. The van der Waals surface area contributed by atoms with Gasteiger partial charge in [0, 0.05) is 18.0 Å². The monoisotopic (exact) mass is 298 g/mol. The number of pyridine rings is 1. The molecule has 1 aromatic heterocycles. The van der Waals surface area contributed by atoms with Gasteiger partial charge in [-0.05, 0) is 60.6 Å². The molecule has 2 N–H and O–H groups in total. The minimum atomic E-state index is -0.467. The molecule has 1 aromatic carbocycles. The largest absolute Gasteiger partial charge is 0.493 e. The maximum absolute atomic E-state index is 11.4. The highest BCUT2D eigenvalue weighted by atomic mass is 16.5. The van der Waals surface area contributed by atoms with Gasteiger partial charge in [-0.15, -0.1) is 0 Å². The molecule has 1 amide bonds. The molecule has 0 bridgehead atoms. The highest BCUT2D eigenvalue weighted by Crippen LogP contribution is 2.27. The molecule has 1 unspecified atom stereocenters. The first kappa shape index (κ1) is 14.5. The summed E-state index contributed by atoms with van der Waals surface area (Å²) in [4.78, 5) is 15.4. The first-order valence-electron chi connectivity index (χ1n) is 7.35. The predicted octanol–water partition coefficient (Wildman–Crippen LogP) is 2.38. The molecule has 5 heteroatoms. The van der Waals surface area contributed by atoms with Crippen molar-refractivity contribution in [2.45, 2.75) is 19.3 Å². The summed E-state index contributed by atoms with van der Waals surface area (Å²) in [6, 6.07) is 9.29. The molecule has 22 heavy (non-hydrogen) atoms. The zero-order chi connectivity index (χ0) is 15.4. The van der Waals surface area contributed by atoms with E-state index in [4.69, 9.17) is 9.94 Å². The Balaban J connectivity index is 1.63. The Morgan fingerprint density at radius 2 is 2.09 bits per heavy atom. The van der Waals surface area contributed by atoms with Gasteiger partial charge >= 0.3 is 0 Å². The van der Waals surface area contributed by atoms with E-state index in [2.05, 4.69) is 4.98 Å². The van der Waals surface area contributed by atoms with Crippen LogP contribution in [-0.4, -0.2) is 22.7 Å². The van der Waals surface area contributed by atoms with Crippen LogP contribution in [0.1, 0.15) is 27.9 Å². The van der Waals surface area contributed by atoms with Crippen LogP contribution in [0.25, 0.3) is 0 Å². The van der Waals surface area contributed by atoms with E-state index in [1.54, 1.807) is 23.9 Å². The number of aryl methyl sites for hydroxylation is 1. The zero-order valence-electron chi connectivity index (χ0n) is 12.2. The molecule has 0 radical (unpaired) electrons. The minimum Gasteiger partial charge on any atom is -0.493 e. The Morgan fingerprint density at radius 1 is 1.27 bits per heavy atom. The number of fused-ring (bicyclic) bond motifs is 1. The number of carbonyl (C=O) groups excluding carboxylic acids is 1. The summed E-state index contributed by atoms with van der Waals surface area (Å²) in [6.45, 7) is 0.683. The van der Waals surface area contributed by atoms with E-state index >= 15 is 0 Å². The number of hydrogen-bond donors (Lipinski definition) is 2. The van der Waals surface area contributed by atoms with E-state index in [-0.39, 0.29) is 0 Å². The number of carbonyl (C=O) groups is 1. The molecule has 0 spiro atoms. The molecular weight excluding hydrogens is 280 g/mol. The van der Waals surface area contributed by atoms with Gasteiger partial charge in [-0.25, -0.2) is 5.48 Å². The van der Waals surface area contributed by atoms with Crippen molar-refractivity contribution >= 4 is 5.91 Å². The number of nitrogens with one attached hydrogen (secondary N) is 1. The normalized spacial score (nSPS) is 16.7. The van der Waals surface area contributed by atoms with Crippen molar-refractivity contribution in [3.63, 3.8) is 0 Å². The fraction of sp³-hybridized carbons (Fsp3) is 0.294. The van der Waals surface area contributed by atoms with E-state index in [1.165, 1.54) is 11.1 Å². The number of ether oxygens (including phenoxy) is 1. The SMILES string of the molecule is O=C(NO)c1ccc2c(c1)CCC(COc1ccncc1)C2. The number of rotatable bonds is 4. The lowest BCUT2D eigenvalue weighted by molar-refractivity contribution is 0.0706. The molecule has 0 aliphatic heterocycles. The molecule has 5 nitrogen and oxygen atoms in total. The summed E-state index contributed by atoms with van der Waals surface area (Å²) in [5.41, 5.74) is 4.60. The van der Waals surface area contributed by atoms with Crippen molar-refractivity contribution in [2.24, 2.45) is 5.92 Å². The van der Waals surface area contributed by atoms with Crippen molar-refractivity contribution in [1.29, 1.82) is 0 Å². The van der Waals surface area contributed by atoms with Crippen LogP contribution < -0.4 is 10.2 Å². The van der Waals surface area contributed by atoms with E-state index < -0.39 is 5.91 Å². The molecule has 0 fully saturated rings. The van der Waals surface area contributed by atoms with Gasteiger partial charge < -0.3 is 4.74 Å². The summed E-state index contributed by atoms with van der Waals surface area (Å²) in [5, 5.41) is 8.69. The number of benzene rings is 1. The van der Waals surface area contributed by atoms with Crippen LogP contribution in [0.15, 0.2) is 42.7 Å². The van der Waals surface area contributed by atoms with E-state index in [0.29, 0.717) is 18.1 Å². The second-order valence-corrected chi connectivity index (χ2v) is 5.53. The summed E-state index contributed by atoms with van der Waals surface area (Å²) < 4.78 is 5.80. The second-order valence-electron chi connectivity index (χ2n) is 5.53. The molecule has 3 rings (SSSR count). The molecule has 114 valence electrons. The molecule has 1 atom stereocenters. The van der Waals surface area contributed by atoms with Crippen LogP contribution >= 0.6 is 0 Å². The lowest BCUT2D eigenvalue weighted by Gasteiger charge is -2.25. The maximum Gasteiger partial charge on any atom is 0.274 e. The number of hydrogen-bond acceptors (Lipinski definition) is 4. The van der Waals surface area contributed by atoms with Gasteiger partial charge in [-0.1, -0.05) is 6.07 Å². The summed E-state index contributed by atoms with van der Waals surface area (Å²) in [5.74, 6) is 0.847. The number of aromatic nitrogens is 1. The van der Waals surface area contributed by atoms with Crippen LogP contribution in [0.2, 0.25) is 0 Å². The third-order valence-electron chi connectivity index (χ3n) is 4.04. The first-order valence-corrected chi connectivity index (χ1v) is 7.35. The summed E-state index contributed by atoms with van der Waals surface area (Å²) in [7, 11) is 0. The van der Waals surface area contributed by atoms with Crippen molar-refractivity contribution in [3.8, 4) is 5.75 Å². The Labute approximate surface area is 128 Å². The molecule has 1 aliphatic carbocycles. The van der Waals surface area contributed by atoms with Gasteiger partial charge in [-0.2, -0.15) is 0 Å². The average molecular weight is 298 g/mol. The van der Waals surface area contributed by atoms with Crippen LogP contribution in [-0.2, 0) is 12.8 Å². The number of amides is 1. The molecular formula is C17H18N2O3. The first-order chi connectivity index (χ1) is 10.8. The topological polar surface area (TPSA) is 71.5 Å². The van der Waals surface area contributed by atoms with Gasteiger partial charge in [0.05, 0.1) is 6.61 Å². The second kappa shape index (κ2) is 6.58. The van der Waals surface area contributed by atoms with Crippen molar-refractivity contribution in [2.75, 3.05) is 6.61 Å². The van der Waals surface area contributed by atoms with Crippen LogP contribution in [0, 0.1) is 5.92 Å². The molecule has 1 aliphatic rings. The van der Waals surface area contributed by atoms with Crippen LogP contribution in [0.5, 0.6) is 5.75 Å². The summed E-state index contributed by atoms with van der Waals surface area (Å²) in [6.07, 6.45) is 6.34. The van der Waals surface area contributed by atoms with Gasteiger partial charge in [0.15, 0.2) is 0 Å². The lowest BCUT2D eigenvalue weighted by Crippen LogP contribution is -2.22. The Hall–Kier alpha value is -2.40. The predicted molar refractivity (Wildman–Crippen MR) is 80.9 cm³/mol. The highest BCUT2D eigenvalue weighted by Gasteiger charge is 2.20. The molecule has 0 saturated heterocycles. The Kier molecular flexibility index (Phi) is 4.34. The van der Waals surface area contributed by atoms with Crippen LogP contribution in [0.3, 0.4) is 0 Å². The van der Waals surface area contributed by atoms with Gasteiger partial charge in [0.25, 0.3) is 5.91 Å². The molecule has 1 heterocycles. The van der Waals surface area contributed by atoms with E-state index in [9.17, 15) is 4.79 Å². The zero-order valence-corrected chi connectivity index (χ0v) is 12.2. The van der Waals surface area contributed by atoms with Crippen LogP contribution in [0.4, 0.5) is 0 Å². The smallest absolute Gasteiger partial charge is 0.274 e. The highest BCUT2D eigenvalue weighted by molar-refractivity contribution is 5.93. The number of nitrogens with zero attached hydrogens (tertiary/aromatic N) is 1. The van der Waals surface area contributed by atoms with Crippen molar-refractivity contribution < 1.29 is 14.7 Å². The fourth-order valence-corrected chi connectivity index (χ4v) is 2.83. The third-order valence-corrected chi connectivity index (χ3v) is 4.04. The van der Waals surface area contributed by atoms with Gasteiger partial charge in [-0.3, -0.25) is 15.0 Å². The minimum absolute atomic E-state index is 0.467.